The summed E-state index contributed by atoms with van der Waals surface area (Å²) < 4.78 is 10.9. The lowest BCUT2D eigenvalue weighted by Gasteiger charge is -2.10. The fraction of sp³-hybridized carbons (Fsp3) is 0.0500. The number of hydrogen-bond acceptors (Lipinski definition) is 7. The van der Waals surface area contributed by atoms with Crippen LogP contribution in [-0.2, 0) is 0 Å². The van der Waals surface area contributed by atoms with Gasteiger partial charge in [-0.15, -0.1) is 0 Å². The molecule has 1 amide bonds. The van der Waals surface area contributed by atoms with Crippen LogP contribution in [0.25, 0.3) is 0 Å². The van der Waals surface area contributed by atoms with Gasteiger partial charge in [0.15, 0.2) is 11.5 Å². The molecule has 11 heteroatoms. The number of benzene rings is 2. The number of nitrogens with zero attached hydrogens (tertiary/aromatic N) is 3. The van der Waals surface area contributed by atoms with E-state index in [1.807, 2.05) is 0 Å². The quantitative estimate of drug-likeness (QED) is 0.305. The van der Waals surface area contributed by atoms with Crippen LogP contribution in [0, 0.1) is 10.1 Å². The Balaban J connectivity index is 1.69. The van der Waals surface area contributed by atoms with E-state index in [0.29, 0.717) is 22.1 Å². The number of ether oxygens (including phenoxy) is 2. The number of hydrogen-bond donors (Lipinski definition) is 1. The Kier molecular flexibility index (Phi) is 7.01. The highest BCUT2D eigenvalue weighted by Gasteiger charge is 2.11. The predicted molar refractivity (Wildman–Crippen MR) is 115 cm³/mol. The molecule has 2 aromatic carbocycles. The van der Waals surface area contributed by atoms with E-state index in [9.17, 15) is 14.9 Å². The molecular weight excluding hydrogens is 447 g/mol. The maximum Gasteiger partial charge on any atom is 0.287 e. The van der Waals surface area contributed by atoms with Gasteiger partial charge in [-0.25, -0.2) is 10.4 Å². The first kappa shape index (κ1) is 22.0. The summed E-state index contributed by atoms with van der Waals surface area (Å²) in [6, 6.07) is 12.1. The second-order valence-corrected chi connectivity index (χ2v) is 6.79. The summed E-state index contributed by atoms with van der Waals surface area (Å²) >= 11 is 11.8. The molecule has 0 spiro atoms. The van der Waals surface area contributed by atoms with E-state index in [4.69, 9.17) is 32.7 Å². The van der Waals surface area contributed by atoms with Crippen LogP contribution >= 0.6 is 23.2 Å². The average molecular weight is 461 g/mol. The second kappa shape index (κ2) is 9.88. The lowest BCUT2D eigenvalue weighted by molar-refractivity contribution is -0.385. The van der Waals surface area contributed by atoms with Crippen LogP contribution in [0.4, 0.5) is 5.69 Å². The summed E-state index contributed by atoms with van der Waals surface area (Å²) in [5, 5.41) is 15.2. The van der Waals surface area contributed by atoms with Crippen LogP contribution in [0.15, 0.2) is 59.8 Å². The third kappa shape index (κ3) is 5.68. The summed E-state index contributed by atoms with van der Waals surface area (Å²) in [6.45, 7) is 0. The predicted octanol–water partition coefficient (Wildman–Crippen LogP) is 4.86. The van der Waals surface area contributed by atoms with E-state index < -0.39 is 10.8 Å². The van der Waals surface area contributed by atoms with Crippen LogP contribution in [0.3, 0.4) is 0 Å². The fourth-order valence-corrected chi connectivity index (χ4v) is 2.90. The second-order valence-electron chi connectivity index (χ2n) is 5.95. The Morgan fingerprint density at radius 2 is 1.97 bits per heavy atom. The van der Waals surface area contributed by atoms with Gasteiger partial charge in [0.25, 0.3) is 11.6 Å². The first-order valence-corrected chi connectivity index (χ1v) is 9.38. The lowest BCUT2D eigenvalue weighted by Crippen LogP contribution is -2.18. The van der Waals surface area contributed by atoms with Crippen LogP contribution in [0.1, 0.15) is 15.9 Å². The van der Waals surface area contributed by atoms with Gasteiger partial charge in [0.2, 0.25) is 5.88 Å². The maximum absolute atomic E-state index is 12.2. The van der Waals surface area contributed by atoms with Gasteiger partial charge in [0.1, 0.15) is 6.20 Å². The minimum Gasteiger partial charge on any atom is -0.493 e. The van der Waals surface area contributed by atoms with Crippen molar-refractivity contribution in [3.8, 4) is 17.4 Å². The molecule has 0 radical (unpaired) electrons. The molecule has 0 bridgehead atoms. The Bertz CT molecular complexity index is 1150. The standard InChI is InChI=1S/C20H14Cl2N4O5/c1-30-18-8-12(10-24-25-20(27)15-5-3-13(21)9-16(15)22)2-6-17(18)31-19-7-4-14(11-23-19)26(28)29/h2-11H,1H3,(H,25,27)/b24-10+. The smallest absolute Gasteiger partial charge is 0.287 e. The summed E-state index contributed by atoms with van der Waals surface area (Å²) in [4.78, 5) is 26.2. The summed E-state index contributed by atoms with van der Waals surface area (Å²) in [7, 11) is 1.46. The van der Waals surface area contributed by atoms with E-state index >= 15 is 0 Å². The lowest BCUT2D eigenvalue weighted by atomic mass is 10.2. The fourth-order valence-electron chi connectivity index (χ4n) is 2.40. The first-order chi connectivity index (χ1) is 14.9. The number of nitro groups is 1. The minimum absolute atomic E-state index is 0.146. The van der Waals surface area contributed by atoms with Gasteiger partial charge >= 0.3 is 0 Å². The van der Waals surface area contributed by atoms with Crippen molar-refractivity contribution in [2.75, 3.05) is 7.11 Å². The molecule has 0 fully saturated rings. The molecule has 1 aromatic heterocycles. The zero-order chi connectivity index (χ0) is 22.4. The zero-order valence-electron chi connectivity index (χ0n) is 15.9. The van der Waals surface area contributed by atoms with Crippen molar-refractivity contribution in [1.82, 2.24) is 10.4 Å². The van der Waals surface area contributed by atoms with Gasteiger partial charge in [0, 0.05) is 17.2 Å². The highest BCUT2D eigenvalue weighted by Crippen LogP contribution is 2.31. The Morgan fingerprint density at radius 1 is 1.16 bits per heavy atom. The maximum atomic E-state index is 12.2. The molecule has 0 aliphatic heterocycles. The van der Waals surface area contributed by atoms with Crippen molar-refractivity contribution in [2.45, 2.75) is 0 Å². The van der Waals surface area contributed by atoms with Gasteiger partial charge in [-0.1, -0.05) is 23.2 Å². The van der Waals surface area contributed by atoms with Crippen molar-refractivity contribution >= 4 is 41.0 Å². The van der Waals surface area contributed by atoms with Crippen molar-refractivity contribution < 1.29 is 19.2 Å². The molecule has 0 saturated heterocycles. The van der Waals surface area contributed by atoms with Crippen LogP contribution < -0.4 is 14.9 Å². The molecule has 1 N–H and O–H groups in total. The number of pyridine rings is 1. The molecule has 3 aromatic rings. The van der Waals surface area contributed by atoms with Crippen LogP contribution in [0.2, 0.25) is 10.0 Å². The van der Waals surface area contributed by atoms with Gasteiger partial charge in [0.05, 0.1) is 28.8 Å². The number of carbonyl (C=O) groups excluding carboxylic acids is 1. The number of methoxy groups -OCH3 is 1. The molecule has 0 unspecified atom stereocenters. The van der Waals surface area contributed by atoms with E-state index in [0.717, 1.165) is 6.20 Å². The highest BCUT2D eigenvalue weighted by atomic mass is 35.5. The normalized spacial score (nSPS) is 10.7. The number of rotatable bonds is 7. The number of nitrogens with one attached hydrogen (secondary N) is 1. The molecule has 3 rings (SSSR count). The number of amides is 1. The van der Waals surface area contributed by atoms with Gasteiger partial charge in [-0.3, -0.25) is 14.9 Å². The highest BCUT2D eigenvalue weighted by molar-refractivity contribution is 6.36. The monoisotopic (exact) mass is 460 g/mol. The van der Waals surface area contributed by atoms with E-state index in [1.54, 1.807) is 24.3 Å². The molecule has 158 valence electrons. The Labute approximate surface area is 186 Å². The number of hydrazone groups is 1. The van der Waals surface area contributed by atoms with Crippen LogP contribution in [-0.4, -0.2) is 29.1 Å². The molecule has 9 nitrogen and oxygen atoms in total. The largest absolute Gasteiger partial charge is 0.493 e. The van der Waals surface area contributed by atoms with Crippen molar-refractivity contribution in [3.05, 3.63) is 86.0 Å². The summed E-state index contributed by atoms with van der Waals surface area (Å²) in [6.07, 6.45) is 2.51. The minimum atomic E-state index is -0.550. The summed E-state index contributed by atoms with van der Waals surface area (Å²) in [5.74, 6) is 0.390. The number of aromatic nitrogens is 1. The molecule has 0 aliphatic carbocycles. The summed E-state index contributed by atoms with van der Waals surface area (Å²) in [5.41, 5.74) is 3.08. The molecular formula is C20H14Cl2N4O5. The molecule has 31 heavy (non-hydrogen) atoms. The zero-order valence-corrected chi connectivity index (χ0v) is 17.4. The van der Waals surface area contributed by atoms with Crippen molar-refractivity contribution in [2.24, 2.45) is 5.10 Å². The van der Waals surface area contributed by atoms with E-state index in [1.165, 1.54) is 37.6 Å². The molecule has 1 heterocycles. The van der Waals surface area contributed by atoms with E-state index in [2.05, 4.69) is 15.5 Å². The SMILES string of the molecule is COc1cc(/C=N/NC(=O)c2ccc(Cl)cc2Cl)ccc1Oc1ccc([N+](=O)[O-])cn1. The van der Waals surface area contributed by atoms with Gasteiger partial charge in [-0.05, 0) is 42.0 Å². The Hall–Kier alpha value is -3.69. The molecule has 0 aliphatic rings. The molecule has 0 atom stereocenters. The first-order valence-electron chi connectivity index (χ1n) is 8.62. The van der Waals surface area contributed by atoms with Gasteiger partial charge in [-0.2, -0.15) is 5.10 Å². The van der Waals surface area contributed by atoms with Gasteiger partial charge < -0.3 is 9.47 Å². The van der Waals surface area contributed by atoms with Crippen LogP contribution in [0.5, 0.6) is 17.4 Å². The van der Waals surface area contributed by atoms with E-state index in [-0.39, 0.29) is 22.2 Å². The molecule has 0 saturated carbocycles. The van der Waals surface area contributed by atoms with Crippen molar-refractivity contribution in [3.63, 3.8) is 0 Å². The van der Waals surface area contributed by atoms with Crippen molar-refractivity contribution in [1.29, 1.82) is 0 Å². The number of carbonyl (C=O) groups is 1. The topological polar surface area (TPSA) is 116 Å². The number of halogens is 2. The average Bonchev–Trinajstić information content (AvgIpc) is 2.75. The third-order valence-corrected chi connectivity index (χ3v) is 4.44. The Morgan fingerprint density at radius 3 is 2.61 bits per heavy atom. The third-order valence-electron chi connectivity index (χ3n) is 3.89.